The van der Waals surface area contributed by atoms with Crippen LogP contribution in [0.15, 0.2) is 158 Å². The van der Waals surface area contributed by atoms with Crippen LogP contribution in [0.3, 0.4) is 0 Å². The van der Waals surface area contributed by atoms with E-state index < -0.39 is 0 Å². The van der Waals surface area contributed by atoms with Gasteiger partial charge in [-0.3, -0.25) is 0 Å². The molecule has 0 saturated heterocycles. The molecule has 9 aromatic rings. The molecule has 0 aliphatic heterocycles. The summed E-state index contributed by atoms with van der Waals surface area (Å²) >= 11 is 0. The van der Waals surface area contributed by atoms with Gasteiger partial charge in [0, 0.05) is 5.56 Å². The first-order valence-corrected chi connectivity index (χ1v) is 15.9. The number of benzene rings is 8. The summed E-state index contributed by atoms with van der Waals surface area (Å²) in [5.41, 5.74) is 8.35. The van der Waals surface area contributed by atoms with Gasteiger partial charge < -0.3 is 0 Å². The van der Waals surface area contributed by atoms with E-state index in [-0.39, 0.29) is 0 Å². The van der Waals surface area contributed by atoms with Crippen LogP contribution < -0.4 is 0 Å². The zero-order chi connectivity index (χ0) is 32.0. The quantitative estimate of drug-likeness (QED) is 0.186. The lowest BCUT2D eigenvalue weighted by Crippen LogP contribution is -1.93. The smallest absolute Gasteiger partial charge is 0.162 e. The summed E-state index contributed by atoms with van der Waals surface area (Å²) in [6.07, 6.45) is 3.04. The summed E-state index contributed by atoms with van der Waals surface area (Å²) in [5.74, 6) is 0.650. The molecule has 4 heteroatoms. The molecule has 1 heterocycles. The van der Waals surface area contributed by atoms with Crippen LogP contribution in [0.2, 0.25) is 0 Å². The third kappa shape index (κ3) is 4.65. The van der Waals surface area contributed by atoms with Crippen LogP contribution in [-0.2, 0) is 0 Å². The highest BCUT2D eigenvalue weighted by Gasteiger charge is 2.19. The Balaban J connectivity index is 1.35. The van der Waals surface area contributed by atoms with Gasteiger partial charge in [-0.25, -0.2) is 15.0 Å². The number of nitrogens with zero attached hydrogens (tertiary/aromatic N) is 4. The average molecular weight is 611 g/mol. The van der Waals surface area contributed by atoms with Crippen LogP contribution in [0.1, 0.15) is 5.56 Å². The van der Waals surface area contributed by atoms with Crippen molar-refractivity contribution >= 4 is 43.1 Å². The first-order valence-electron chi connectivity index (χ1n) is 15.9. The van der Waals surface area contributed by atoms with E-state index in [0.29, 0.717) is 11.4 Å². The first kappa shape index (κ1) is 27.6. The van der Waals surface area contributed by atoms with E-state index in [1.54, 1.807) is 0 Å². The maximum Gasteiger partial charge on any atom is 0.162 e. The van der Waals surface area contributed by atoms with Crippen LogP contribution in [0.25, 0.3) is 87.9 Å². The minimum absolute atomic E-state index is 0.642. The molecule has 0 fully saturated rings. The molecule has 0 spiro atoms. The summed E-state index contributed by atoms with van der Waals surface area (Å²) in [4.78, 5) is 12.6. The number of nitriles is 1. The number of rotatable bonds is 4. The fraction of sp³-hybridized carbons (Fsp3) is 0. The summed E-state index contributed by atoms with van der Waals surface area (Å²) in [7, 11) is 0. The van der Waals surface area contributed by atoms with E-state index in [2.05, 4.69) is 161 Å². The van der Waals surface area contributed by atoms with Crippen molar-refractivity contribution in [2.75, 3.05) is 0 Å². The lowest BCUT2D eigenvalue weighted by molar-refractivity contribution is 1.06. The molecule has 9 rings (SSSR count). The molecule has 0 atom stereocenters. The molecule has 0 amide bonds. The minimum atomic E-state index is 0.642. The van der Waals surface area contributed by atoms with Crippen LogP contribution in [0.4, 0.5) is 0 Å². The third-order valence-corrected chi connectivity index (χ3v) is 9.29. The van der Waals surface area contributed by atoms with Gasteiger partial charge >= 0.3 is 0 Å². The molecule has 0 aliphatic carbocycles. The monoisotopic (exact) mass is 610 g/mol. The fourth-order valence-electron chi connectivity index (χ4n) is 6.99. The lowest BCUT2D eigenvalue weighted by atomic mass is 9.83. The molecule has 8 aromatic carbocycles. The summed E-state index contributed by atoms with van der Waals surface area (Å²) in [5, 5.41) is 19.3. The van der Waals surface area contributed by atoms with Crippen molar-refractivity contribution < 1.29 is 0 Å². The maximum absolute atomic E-state index is 10.0. The molecule has 1 aromatic heterocycles. The number of fused-ring (bicyclic) bond motifs is 4. The molecule has 0 bridgehead atoms. The molecular weight excluding hydrogens is 585 g/mol. The van der Waals surface area contributed by atoms with Gasteiger partial charge in [-0.15, -0.1) is 0 Å². The van der Waals surface area contributed by atoms with E-state index >= 15 is 0 Å². The van der Waals surface area contributed by atoms with Gasteiger partial charge in [0.05, 0.1) is 11.6 Å². The van der Waals surface area contributed by atoms with Crippen molar-refractivity contribution in [3.63, 3.8) is 0 Å². The Kier molecular flexibility index (Phi) is 6.48. The molecule has 48 heavy (non-hydrogen) atoms. The summed E-state index contributed by atoms with van der Waals surface area (Å²) < 4.78 is 0. The second-order valence-corrected chi connectivity index (χ2v) is 12.0. The Morgan fingerprint density at radius 2 is 0.896 bits per heavy atom. The minimum Gasteiger partial charge on any atom is -0.225 e. The largest absolute Gasteiger partial charge is 0.225 e. The van der Waals surface area contributed by atoms with Crippen molar-refractivity contribution in [2.45, 2.75) is 0 Å². The van der Waals surface area contributed by atoms with E-state index in [1.165, 1.54) is 34.2 Å². The van der Waals surface area contributed by atoms with Crippen LogP contribution >= 0.6 is 0 Å². The van der Waals surface area contributed by atoms with Crippen molar-refractivity contribution in [3.05, 3.63) is 164 Å². The third-order valence-electron chi connectivity index (χ3n) is 9.29. The predicted octanol–water partition coefficient (Wildman–Crippen LogP) is 11.0. The Morgan fingerprint density at radius 1 is 0.396 bits per heavy atom. The van der Waals surface area contributed by atoms with E-state index in [0.717, 1.165) is 60.5 Å². The predicted molar refractivity (Wildman–Crippen MR) is 196 cm³/mol. The molecule has 0 N–H and O–H groups in total. The second kappa shape index (κ2) is 11.3. The standard InChI is InChI=1S/C44H26N4/c45-25-28-9-19-38-40(21-28)42(36-16-12-29-5-1-3-7-33(29)22-36)39-20-18-35(31-10-14-32(15-11-31)44-47-26-46-27-48-44)24-41(39)43(38)37-17-13-30-6-2-4-8-34(30)23-37/h1-24,26-27H. The van der Waals surface area contributed by atoms with Gasteiger partial charge in [-0.05, 0) is 107 Å². The fourth-order valence-corrected chi connectivity index (χ4v) is 6.99. The van der Waals surface area contributed by atoms with E-state index in [9.17, 15) is 5.26 Å². The molecule has 0 aliphatic rings. The Morgan fingerprint density at radius 3 is 1.50 bits per heavy atom. The summed E-state index contributed by atoms with van der Waals surface area (Å²) in [6, 6.07) is 54.0. The Labute approximate surface area is 277 Å². The molecule has 4 nitrogen and oxygen atoms in total. The highest BCUT2D eigenvalue weighted by atomic mass is 15.0. The second-order valence-electron chi connectivity index (χ2n) is 12.0. The molecule has 222 valence electrons. The highest BCUT2D eigenvalue weighted by Crippen LogP contribution is 2.46. The van der Waals surface area contributed by atoms with Crippen molar-refractivity contribution in [1.82, 2.24) is 15.0 Å². The van der Waals surface area contributed by atoms with Crippen LogP contribution in [0.5, 0.6) is 0 Å². The Bertz CT molecular complexity index is 2730. The van der Waals surface area contributed by atoms with Crippen LogP contribution in [0, 0.1) is 11.3 Å². The van der Waals surface area contributed by atoms with Crippen molar-refractivity contribution in [1.29, 1.82) is 5.26 Å². The van der Waals surface area contributed by atoms with Gasteiger partial charge in [0.15, 0.2) is 5.82 Å². The summed E-state index contributed by atoms with van der Waals surface area (Å²) in [6.45, 7) is 0. The first-order chi connectivity index (χ1) is 23.7. The molecular formula is C44H26N4. The maximum atomic E-state index is 10.0. The van der Waals surface area contributed by atoms with E-state index in [1.807, 2.05) is 6.07 Å². The zero-order valence-electron chi connectivity index (χ0n) is 25.8. The number of hydrogen-bond acceptors (Lipinski definition) is 4. The van der Waals surface area contributed by atoms with Crippen LogP contribution in [-0.4, -0.2) is 15.0 Å². The van der Waals surface area contributed by atoms with E-state index in [4.69, 9.17) is 0 Å². The van der Waals surface area contributed by atoms with Gasteiger partial charge in [-0.2, -0.15) is 5.26 Å². The Hall–Kier alpha value is -6.70. The van der Waals surface area contributed by atoms with Crippen molar-refractivity contribution in [3.8, 4) is 50.8 Å². The lowest BCUT2D eigenvalue weighted by Gasteiger charge is -2.19. The van der Waals surface area contributed by atoms with Crippen molar-refractivity contribution in [2.24, 2.45) is 0 Å². The average Bonchev–Trinajstić information content (AvgIpc) is 3.16. The highest BCUT2D eigenvalue weighted by molar-refractivity contribution is 6.22. The molecule has 0 radical (unpaired) electrons. The van der Waals surface area contributed by atoms with Gasteiger partial charge in [0.25, 0.3) is 0 Å². The van der Waals surface area contributed by atoms with Gasteiger partial charge in [0.1, 0.15) is 12.7 Å². The number of hydrogen-bond donors (Lipinski definition) is 0. The SMILES string of the molecule is N#Cc1ccc2c(-c3ccc4ccccc4c3)c3cc(-c4ccc(-c5ncncn5)cc4)ccc3c(-c3ccc4ccccc4c3)c2c1. The van der Waals surface area contributed by atoms with Gasteiger partial charge in [0.2, 0.25) is 0 Å². The molecule has 0 saturated carbocycles. The van der Waals surface area contributed by atoms with Gasteiger partial charge in [-0.1, -0.05) is 115 Å². The zero-order valence-corrected chi connectivity index (χ0v) is 25.8. The topological polar surface area (TPSA) is 62.5 Å². The normalized spacial score (nSPS) is 11.3. The molecule has 0 unspecified atom stereocenters. The number of aromatic nitrogens is 3.